The van der Waals surface area contributed by atoms with E-state index in [0.717, 1.165) is 0 Å². The summed E-state index contributed by atoms with van der Waals surface area (Å²) < 4.78 is 32.0. The first-order valence-corrected chi connectivity index (χ1v) is 9.81. The number of terminal acetylenes is 1. The van der Waals surface area contributed by atoms with E-state index in [-0.39, 0.29) is 16.4 Å². The normalized spacial score (nSPS) is 16.2. The Labute approximate surface area is 149 Å². The molecule has 0 spiro atoms. The molecule has 1 aromatic carbocycles. The second kappa shape index (κ2) is 8.00. The first-order valence-electron chi connectivity index (χ1n) is 8.37. The summed E-state index contributed by atoms with van der Waals surface area (Å²) in [4.78, 5) is 12.7. The van der Waals surface area contributed by atoms with Gasteiger partial charge in [0.2, 0.25) is 10.0 Å². The molecule has 1 heterocycles. The number of ether oxygens (including phenoxy) is 1. The first kappa shape index (κ1) is 19.4. The smallest absolute Gasteiger partial charge is 0.252 e. The highest BCUT2D eigenvalue weighted by molar-refractivity contribution is 7.89. The zero-order valence-corrected chi connectivity index (χ0v) is 15.4. The SMILES string of the molecule is C#CC(CC)(CC)NC(=O)c1cccc(S(=O)(=O)N2CCOCC2)c1. The number of sulfonamides is 1. The van der Waals surface area contributed by atoms with Crippen molar-refractivity contribution in [1.82, 2.24) is 9.62 Å². The van der Waals surface area contributed by atoms with Gasteiger partial charge < -0.3 is 10.1 Å². The van der Waals surface area contributed by atoms with Gasteiger partial charge in [-0.25, -0.2) is 8.42 Å². The van der Waals surface area contributed by atoms with E-state index in [4.69, 9.17) is 11.2 Å². The monoisotopic (exact) mass is 364 g/mol. The van der Waals surface area contributed by atoms with Crippen molar-refractivity contribution in [3.63, 3.8) is 0 Å². The van der Waals surface area contributed by atoms with Gasteiger partial charge in [-0.05, 0) is 31.0 Å². The molecule has 0 bridgehead atoms. The molecule has 0 radical (unpaired) electrons. The standard InChI is InChI=1S/C18H24N2O4S/c1-4-18(5-2,6-3)19-17(21)15-8-7-9-16(14-15)25(22,23)20-10-12-24-13-11-20/h1,7-9,14H,5-6,10-13H2,2-3H3,(H,19,21). The van der Waals surface area contributed by atoms with Crippen LogP contribution in [-0.2, 0) is 14.8 Å². The van der Waals surface area contributed by atoms with E-state index in [2.05, 4.69) is 11.2 Å². The fraction of sp³-hybridized carbons (Fsp3) is 0.500. The molecule has 1 amide bonds. The summed E-state index contributed by atoms with van der Waals surface area (Å²) >= 11 is 0. The van der Waals surface area contributed by atoms with Gasteiger partial charge in [0, 0.05) is 18.7 Å². The van der Waals surface area contributed by atoms with Gasteiger partial charge in [-0.2, -0.15) is 4.31 Å². The van der Waals surface area contributed by atoms with Crippen LogP contribution in [0, 0.1) is 12.3 Å². The average molecular weight is 364 g/mol. The van der Waals surface area contributed by atoms with Crippen LogP contribution >= 0.6 is 0 Å². The second-order valence-electron chi connectivity index (χ2n) is 5.93. The van der Waals surface area contributed by atoms with Crippen molar-refractivity contribution in [2.24, 2.45) is 0 Å². The molecule has 7 heteroatoms. The molecular weight excluding hydrogens is 340 g/mol. The van der Waals surface area contributed by atoms with Crippen LogP contribution in [0.1, 0.15) is 37.0 Å². The Hall–Kier alpha value is -1.88. The van der Waals surface area contributed by atoms with Crippen molar-refractivity contribution in [1.29, 1.82) is 0 Å². The molecule has 0 aliphatic carbocycles. The third-order valence-corrected chi connectivity index (χ3v) is 6.43. The number of hydrogen-bond donors (Lipinski definition) is 1. The second-order valence-corrected chi connectivity index (χ2v) is 7.87. The molecule has 2 rings (SSSR count). The summed E-state index contributed by atoms with van der Waals surface area (Å²) in [6.45, 7) is 5.18. The number of carbonyl (C=O) groups excluding carboxylic acids is 1. The molecular formula is C18H24N2O4S. The Balaban J connectivity index is 2.26. The third kappa shape index (κ3) is 4.21. The number of morpholine rings is 1. The summed E-state index contributed by atoms with van der Waals surface area (Å²) in [5.74, 6) is 2.27. The molecule has 0 aromatic heterocycles. The van der Waals surface area contributed by atoms with Crippen LogP contribution in [0.15, 0.2) is 29.2 Å². The molecule has 25 heavy (non-hydrogen) atoms. The highest BCUT2D eigenvalue weighted by Crippen LogP contribution is 2.20. The van der Waals surface area contributed by atoms with Crippen molar-refractivity contribution in [3.8, 4) is 12.3 Å². The number of carbonyl (C=O) groups is 1. The lowest BCUT2D eigenvalue weighted by molar-refractivity contribution is 0.0730. The lowest BCUT2D eigenvalue weighted by Gasteiger charge is -2.27. The van der Waals surface area contributed by atoms with Crippen molar-refractivity contribution in [2.75, 3.05) is 26.3 Å². The van der Waals surface area contributed by atoms with Crippen LogP contribution in [0.5, 0.6) is 0 Å². The van der Waals surface area contributed by atoms with E-state index in [1.54, 1.807) is 12.1 Å². The molecule has 1 fully saturated rings. The van der Waals surface area contributed by atoms with Crippen LogP contribution < -0.4 is 5.32 Å². The quantitative estimate of drug-likeness (QED) is 0.779. The highest BCUT2D eigenvalue weighted by atomic mass is 32.2. The van der Waals surface area contributed by atoms with Crippen LogP contribution in [0.2, 0.25) is 0 Å². The lowest BCUT2D eigenvalue weighted by atomic mass is 9.93. The number of amides is 1. The van der Waals surface area contributed by atoms with E-state index in [1.165, 1.54) is 16.4 Å². The van der Waals surface area contributed by atoms with E-state index in [9.17, 15) is 13.2 Å². The van der Waals surface area contributed by atoms with Gasteiger partial charge in [-0.15, -0.1) is 6.42 Å². The molecule has 1 aromatic rings. The van der Waals surface area contributed by atoms with Gasteiger partial charge >= 0.3 is 0 Å². The largest absolute Gasteiger partial charge is 0.379 e. The van der Waals surface area contributed by atoms with Gasteiger partial charge in [0.15, 0.2) is 0 Å². The van der Waals surface area contributed by atoms with E-state index in [1.807, 2.05) is 13.8 Å². The van der Waals surface area contributed by atoms with Crippen molar-refractivity contribution < 1.29 is 17.9 Å². The predicted molar refractivity (Wildman–Crippen MR) is 95.6 cm³/mol. The fourth-order valence-electron chi connectivity index (χ4n) is 2.69. The number of hydrogen-bond acceptors (Lipinski definition) is 4. The van der Waals surface area contributed by atoms with Gasteiger partial charge in [-0.1, -0.05) is 25.8 Å². The molecule has 136 valence electrons. The summed E-state index contributed by atoms with van der Waals surface area (Å²) in [7, 11) is -3.65. The van der Waals surface area contributed by atoms with Crippen LogP contribution in [0.3, 0.4) is 0 Å². The molecule has 0 unspecified atom stereocenters. The Morgan fingerprint density at radius 3 is 2.52 bits per heavy atom. The van der Waals surface area contributed by atoms with Crippen molar-refractivity contribution in [2.45, 2.75) is 37.1 Å². The molecule has 1 saturated heterocycles. The zero-order valence-electron chi connectivity index (χ0n) is 14.6. The van der Waals surface area contributed by atoms with Crippen LogP contribution in [0.4, 0.5) is 0 Å². The number of nitrogens with zero attached hydrogens (tertiary/aromatic N) is 1. The summed E-state index contributed by atoms with van der Waals surface area (Å²) in [5, 5.41) is 2.85. The molecule has 0 saturated carbocycles. The summed E-state index contributed by atoms with van der Waals surface area (Å²) in [5.41, 5.74) is -0.452. The molecule has 0 atom stereocenters. The number of rotatable bonds is 6. The van der Waals surface area contributed by atoms with Crippen LogP contribution in [-0.4, -0.2) is 50.5 Å². The van der Waals surface area contributed by atoms with Crippen molar-refractivity contribution in [3.05, 3.63) is 29.8 Å². The first-order chi connectivity index (χ1) is 11.9. The van der Waals surface area contributed by atoms with Crippen molar-refractivity contribution >= 4 is 15.9 Å². The Kier molecular flexibility index (Phi) is 6.22. The van der Waals surface area contributed by atoms with Gasteiger partial charge in [-0.3, -0.25) is 4.79 Å². The van der Waals surface area contributed by atoms with Gasteiger partial charge in [0.25, 0.3) is 5.91 Å². The Morgan fingerprint density at radius 1 is 1.32 bits per heavy atom. The van der Waals surface area contributed by atoms with Gasteiger partial charge in [0.05, 0.1) is 18.1 Å². The Morgan fingerprint density at radius 2 is 1.96 bits per heavy atom. The predicted octanol–water partition coefficient (Wildman–Crippen LogP) is 1.63. The Bertz CT molecular complexity index is 758. The maximum atomic E-state index is 12.7. The molecule has 6 nitrogen and oxygen atoms in total. The minimum Gasteiger partial charge on any atom is -0.379 e. The third-order valence-electron chi connectivity index (χ3n) is 4.54. The van der Waals surface area contributed by atoms with E-state index < -0.39 is 15.6 Å². The fourth-order valence-corrected chi connectivity index (χ4v) is 4.14. The minimum absolute atomic E-state index is 0.0985. The number of benzene rings is 1. The molecule has 1 aliphatic rings. The molecule has 1 N–H and O–H groups in total. The average Bonchev–Trinajstić information content (AvgIpc) is 2.67. The molecule has 1 aliphatic heterocycles. The van der Waals surface area contributed by atoms with E-state index in [0.29, 0.717) is 39.1 Å². The maximum absolute atomic E-state index is 12.7. The highest BCUT2D eigenvalue weighted by Gasteiger charge is 2.29. The van der Waals surface area contributed by atoms with E-state index >= 15 is 0 Å². The summed E-state index contributed by atoms with van der Waals surface area (Å²) in [6.07, 6.45) is 6.76. The topological polar surface area (TPSA) is 75.7 Å². The zero-order chi connectivity index (χ0) is 18.5. The summed E-state index contributed by atoms with van der Waals surface area (Å²) in [6, 6.07) is 6.04. The number of nitrogens with one attached hydrogen (secondary N) is 1. The van der Waals surface area contributed by atoms with Gasteiger partial charge in [0.1, 0.15) is 5.54 Å². The lowest BCUT2D eigenvalue weighted by Crippen LogP contribution is -2.46. The minimum atomic E-state index is -3.65. The van der Waals surface area contributed by atoms with Crippen LogP contribution in [0.25, 0.3) is 0 Å². The maximum Gasteiger partial charge on any atom is 0.252 e.